The maximum atomic E-state index is 12.7. The summed E-state index contributed by atoms with van der Waals surface area (Å²) in [4.78, 5) is 14.6. The smallest absolute Gasteiger partial charge is 0.247 e. The molecular formula is C19H25NO5. The van der Waals surface area contributed by atoms with Crippen LogP contribution in [0.3, 0.4) is 0 Å². The first-order valence-corrected chi connectivity index (χ1v) is 8.67. The standard InChI is InChI=1S/C19H25NO5/c1-22-15-7-8-17(23-2)14(13-15)6-9-18(21)20-10-4-3-5-16(20)19-24-11-12-25-19/h6-9,13,16,19H,3-5,10-12H2,1-2H3/b9-6+. The lowest BCUT2D eigenvalue weighted by atomic mass is 10.0. The van der Waals surface area contributed by atoms with Crippen molar-refractivity contribution in [2.24, 2.45) is 0 Å². The Hall–Kier alpha value is -2.05. The fraction of sp³-hybridized carbons (Fsp3) is 0.526. The Morgan fingerprint density at radius 1 is 1.20 bits per heavy atom. The van der Waals surface area contributed by atoms with Gasteiger partial charge in [-0.15, -0.1) is 0 Å². The first kappa shape index (κ1) is 17.8. The molecule has 25 heavy (non-hydrogen) atoms. The number of carbonyl (C=O) groups is 1. The van der Waals surface area contributed by atoms with Crippen LogP contribution in [0.4, 0.5) is 0 Å². The first-order chi connectivity index (χ1) is 12.2. The van der Waals surface area contributed by atoms with Crippen LogP contribution < -0.4 is 9.47 Å². The molecule has 2 saturated heterocycles. The number of rotatable bonds is 5. The topological polar surface area (TPSA) is 57.2 Å². The highest BCUT2D eigenvalue weighted by Crippen LogP contribution is 2.27. The highest BCUT2D eigenvalue weighted by atomic mass is 16.7. The van der Waals surface area contributed by atoms with Crippen LogP contribution in [0.25, 0.3) is 6.08 Å². The van der Waals surface area contributed by atoms with Gasteiger partial charge in [0.25, 0.3) is 0 Å². The maximum Gasteiger partial charge on any atom is 0.247 e. The van der Waals surface area contributed by atoms with Gasteiger partial charge in [-0.1, -0.05) is 0 Å². The van der Waals surface area contributed by atoms with Gasteiger partial charge in [-0.2, -0.15) is 0 Å². The molecule has 3 rings (SSSR count). The minimum Gasteiger partial charge on any atom is -0.497 e. The summed E-state index contributed by atoms with van der Waals surface area (Å²) in [6.07, 6.45) is 6.06. The van der Waals surface area contributed by atoms with Crippen molar-refractivity contribution in [1.82, 2.24) is 4.90 Å². The summed E-state index contributed by atoms with van der Waals surface area (Å²) in [5, 5.41) is 0. The molecule has 1 aromatic rings. The third-order valence-electron chi connectivity index (χ3n) is 4.64. The van der Waals surface area contributed by atoms with Crippen LogP contribution in [0.5, 0.6) is 11.5 Å². The van der Waals surface area contributed by atoms with Crippen LogP contribution in [0.15, 0.2) is 24.3 Å². The average molecular weight is 347 g/mol. The zero-order valence-corrected chi connectivity index (χ0v) is 14.8. The number of methoxy groups -OCH3 is 2. The molecule has 2 fully saturated rings. The molecule has 6 heteroatoms. The second-order valence-corrected chi connectivity index (χ2v) is 6.15. The van der Waals surface area contributed by atoms with Gasteiger partial charge in [-0.25, -0.2) is 0 Å². The van der Waals surface area contributed by atoms with Crippen molar-refractivity contribution in [3.63, 3.8) is 0 Å². The Kier molecular flexibility index (Phi) is 5.94. The number of likely N-dealkylation sites (tertiary alicyclic amines) is 1. The number of piperidine rings is 1. The van der Waals surface area contributed by atoms with Crippen molar-refractivity contribution in [2.45, 2.75) is 31.6 Å². The summed E-state index contributed by atoms with van der Waals surface area (Å²) in [5.41, 5.74) is 0.803. The van der Waals surface area contributed by atoms with E-state index in [0.717, 1.165) is 37.1 Å². The number of ether oxygens (including phenoxy) is 4. The molecule has 0 bridgehead atoms. The minimum atomic E-state index is -0.302. The number of amides is 1. The van der Waals surface area contributed by atoms with E-state index >= 15 is 0 Å². The van der Waals surface area contributed by atoms with E-state index in [4.69, 9.17) is 18.9 Å². The summed E-state index contributed by atoms with van der Waals surface area (Å²) < 4.78 is 21.8. The SMILES string of the molecule is COc1ccc(OC)c(/C=C/C(=O)N2CCCCC2C2OCCO2)c1. The van der Waals surface area contributed by atoms with Gasteiger partial charge < -0.3 is 23.8 Å². The van der Waals surface area contributed by atoms with Gasteiger partial charge in [-0.05, 0) is 43.5 Å². The van der Waals surface area contributed by atoms with Gasteiger partial charge >= 0.3 is 0 Å². The molecule has 0 aliphatic carbocycles. The molecular weight excluding hydrogens is 322 g/mol. The number of carbonyl (C=O) groups excluding carboxylic acids is 1. The van der Waals surface area contributed by atoms with Gasteiger partial charge in [0, 0.05) is 18.2 Å². The predicted octanol–water partition coefficient (Wildman–Crippen LogP) is 2.47. The van der Waals surface area contributed by atoms with E-state index in [1.54, 1.807) is 26.4 Å². The van der Waals surface area contributed by atoms with Gasteiger partial charge in [-0.3, -0.25) is 4.79 Å². The molecule has 136 valence electrons. The molecule has 1 unspecified atom stereocenters. The minimum absolute atomic E-state index is 0.0133. The lowest BCUT2D eigenvalue weighted by Crippen LogP contribution is -2.49. The quantitative estimate of drug-likeness (QED) is 0.766. The molecule has 2 aliphatic rings. The molecule has 1 aromatic carbocycles. The lowest BCUT2D eigenvalue weighted by molar-refractivity contribution is -0.145. The predicted molar refractivity (Wildman–Crippen MR) is 93.6 cm³/mol. The van der Waals surface area contributed by atoms with E-state index in [-0.39, 0.29) is 18.2 Å². The normalized spacial score (nSPS) is 21.7. The fourth-order valence-corrected chi connectivity index (χ4v) is 3.34. The third-order valence-corrected chi connectivity index (χ3v) is 4.64. The summed E-state index contributed by atoms with van der Waals surface area (Å²) in [6.45, 7) is 1.92. The number of hydrogen-bond acceptors (Lipinski definition) is 5. The second kappa shape index (κ2) is 8.36. The molecule has 0 aromatic heterocycles. The highest BCUT2D eigenvalue weighted by molar-refractivity contribution is 5.92. The third kappa shape index (κ3) is 4.14. The molecule has 2 heterocycles. The van der Waals surface area contributed by atoms with Crippen molar-refractivity contribution in [3.05, 3.63) is 29.8 Å². The van der Waals surface area contributed by atoms with Gasteiger partial charge in [0.1, 0.15) is 11.5 Å². The summed E-state index contributed by atoms with van der Waals surface area (Å²) in [6, 6.07) is 5.49. The summed E-state index contributed by atoms with van der Waals surface area (Å²) >= 11 is 0. The van der Waals surface area contributed by atoms with Crippen molar-refractivity contribution in [2.75, 3.05) is 34.0 Å². The van der Waals surface area contributed by atoms with Crippen molar-refractivity contribution in [3.8, 4) is 11.5 Å². The average Bonchev–Trinajstić information content (AvgIpc) is 3.20. The maximum absolute atomic E-state index is 12.7. The van der Waals surface area contributed by atoms with Crippen molar-refractivity contribution in [1.29, 1.82) is 0 Å². The Morgan fingerprint density at radius 3 is 2.72 bits per heavy atom. The van der Waals surface area contributed by atoms with E-state index in [2.05, 4.69) is 0 Å². The Balaban J connectivity index is 1.74. The number of benzene rings is 1. The Labute approximate surface area is 148 Å². The summed E-state index contributed by atoms with van der Waals surface area (Å²) in [5.74, 6) is 1.38. The van der Waals surface area contributed by atoms with E-state index in [1.807, 2.05) is 23.1 Å². The fourth-order valence-electron chi connectivity index (χ4n) is 3.34. The van der Waals surface area contributed by atoms with Crippen molar-refractivity contribution < 1.29 is 23.7 Å². The van der Waals surface area contributed by atoms with Gasteiger partial charge in [0.2, 0.25) is 5.91 Å². The largest absolute Gasteiger partial charge is 0.497 e. The highest BCUT2D eigenvalue weighted by Gasteiger charge is 2.35. The molecule has 0 radical (unpaired) electrons. The van der Waals surface area contributed by atoms with Crippen LogP contribution in [0.1, 0.15) is 24.8 Å². The molecule has 0 spiro atoms. The molecule has 1 amide bonds. The van der Waals surface area contributed by atoms with Crippen LogP contribution in [0.2, 0.25) is 0 Å². The monoisotopic (exact) mass is 347 g/mol. The Morgan fingerprint density at radius 2 is 2.00 bits per heavy atom. The molecule has 2 aliphatic heterocycles. The van der Waals surface area contributed by atoms with Gasteiger partial charge in [0.15, 0.2) is 6.29 Å². The van der Waals surface area contributed by atoms with Crippen LogP contribution in [-0.2, 0) is 14.3 Å². The number of hydrogen-bond donors (Lipinski definition) is 0. The van der Waals surface area contributed by atoms with E-state index in [0.29, 0.717) is 19.0 Å². The Bertz CT molecular complexity index is 624. The first-order valence-electron chi connectivity index (χ1n) is 8.67. The molecule has 0 N–H and O–H groups in total. The van der Waals surface area contributed by atoms with Crippen LogP contribution >= 0.6 is 0 Å². The molecule has 0 saturated carbocycles. The van der Waals surface area contributed by atoms with Crippen LogP contribution in [-0.4, -0.2) is 57.1 Å². The van der Waals surface area contributed by atoms with Gasteiger partial charge in [0.05, 0.1) is 33.5 Å². The summed E-state index contributed by atoms with van der Waals surface area (Å²) in [7, 11) is 3.22. The van der Waals surface area contributed by atoms with E-state index in [1.165, 1.54) is 0 Å². The van der Waals surface area contributed by atoms with E-state index in [9.17, 15) is 4.79 Å². The zero-order chi connectivity index (χ0) is 17.6. The van der Waals surface area contributed by atoms with E-state index < -0.39 is 0 Å². The van der Waals surface area contributed by atoms with Crippen molar-refractivity contribution >= 4 is 12.0 Å². The lowest BCUT2D eigenvalue weighted by Gasteiger charge is -2.37. The zero-order valence-electron chi connectivity index (χ0n) is 14.8. The molecule has 1 atom stereocenters. The van der Waals surface area contributed by atoms with Crippen LogP contribution in [0, 0.1) is 0 Å². The molecule has 6 nitrogen and oxygen atoms in total. The number of nitrogens with zero attached hydrogens (tertiary/aromatic N) is 1. The second-order valence-electron chi connectivity index (χ2n) is 6.15.